The van der Waals surface area contributed by atoms with Crippen LogP contribution in [0.3, 0.4) is 0 Å². The van der Waals surface area contributed by atoms with Crippen LogP contribution in [0.15, 0.2) is 0 Å². The third-order valence-electron chi connectivity index (χ3n) is 3.14. The van der Waals surface area contributed by atoms with Crippen LogP contribution in [0.1, 0.15) is 84.0 Å². The molecule has 0 heterocycles. The first-order valence-electron chi connectivity index (χ1n) is 7.76. The average molecular weight is 255 g/mol. The third kappa shape index (κ3) is 13.5. The van der Waals surface area contributed by atoms with Gasteiger partial charge in [-0.05, 0) is 12.8 Å². The van der Waals surface area contributed by atoms with Crippen LogP contribution in [0.2, 0.25) is 0 Å². The highest BCUT2D eigenvalue weighted by Crippen LogP contribution is 2.08. The Morgan fingerprint density at radius 2 is 1.50 bits per heavy atom. The number of hydrogen-bond acceptors (Lipinski definition) is 2. The van der Waals surface area contributed by atoms with Crippen molar-refractivity contribution < 1.29 is 9.53 Å². The van der Waals surface area contributed by atoms with Crippen LogP contribution in [0, 0.1) is 6.92 Å². The fourth-order valence-electron chi connectivity index (χ4n) is 1.94. The van der Waals surface area contributed by atoms with Gasteiger partial charge in [0.15, 0.2) is 0 Å². The molecular formula is C16H31O2. The minimum atomic E-state index is -0.0114. The van der Waals surface area contributed by atoms with Crippen LogP contribution in [-0.2, 0) is 9.53 Å². The highest BCUT2D eigenvalue weighted by Gasteiger charge is 2.02. The predicted octanol–water partition coefficient (Wildman–Crippen LogP) is 5.06. The second-order valence-corrected chi connectivity index (χ2v) is 5.01. The lowest BCUT2D eigenvalue weighted by Crippen LogP contribution is -2.05. The first-order valence-corrected chi connectivity index (χ1v) is 7.76. The number of carbonyl (C=O) groups is 1. The maximum atomic E-state index is 11.4. The SMILES string of the molecule is [CH2]CCCCCCOC(=O)CCCCCCCC. The van der Waals surface area contributed by atoms with E-state index in [1.54, 1.807) is 0 Å². The molecule has 18 heavy (non-hydrogen) atoms. The van der Waals surface area contributed by atoms with Crippen molar-refractivity contribution in [1.82, 2.24) is 0 Å². The van der Waals surface area contributed by atoms with E-state index in [1.807, 2.05) is 0 Å². The van der Waals surface area contributed by atoms with Crippen molar-refractivity contribution in [3.05, 3.63) is 6.92 Å². The second kappa shape index (κ2) is 14.5. The number of esters is 1. The summed E-state index contributed by atoms with van der Waals surface area (Å²) < 4.78 is 5.20. The van der Waals surface area contributed by atoms with E-state index in [4.69, 9.17) is 4.74 Å². The molecule has 0 amide bonds. The molecule has 0 aromatic rings. The van der Waals surface area contributed by atoms with Crippen molar-refractivity contribution in [2.24, 2.45) is 0 Å². The molecule has 0 atom stereocenters. The molecule has 0 N–H and O–H groups in total. The molecule has 0 saturated heterocycles. The van der Waals surface area contributed by atoms with Gasteiger partial charge in [0.05, 0.1) is 6.61 Å². The number of carbonyl (C=O) groups excluding carboxylic acids is 1. The maximum Gasteiger partial charge on any atom is 0.305 e. The van der Waals surface area contributed by atoms with Gasteiger partial charge in [0, 0.05) is 6.42 Å². The van der Waals surface area contributed by atoms with E-state index in [0.717, 1.165) is 25.7 Å². The summed E-state index contributed by atoms with van der Waals surface area (Å²) in [5.74, 6) is -0.0114. The van der Waals surface area contributed by atoms with Crippen molar-refractivity contribution >= 4 is 5.97 Å². The Balaban J connectivity index is 3.12. The lowest BCUT2D eigenvalue weighted by Gasteiger charge is -2.04. The molecular weight excluding hydrogens is 224 g/mol. The van der Waals surface area contributed by atoms with E-state index in [1.165, 1.54) is 44.9 Å². The Labute approximate surface area is 113 Å². The summed E-state index contributed by atoms with van der Waals surface area (Å²) in [5, 5.41) is 0. The van der Waals surface area contributed by atoms with Crippen molar-refractivity contribution in [3.63, 3.8) is 0 Å². The van der Waals surface area contributed by atoms with E-state index in [-0.39, 0.29) is 5.97 Å². The topological polar surface area (TPSA) is 26.3 Å². The zero-order chi connectivity index (χ0) is 13.5. The molecule has 0 aliphatic heterocycles. The first kappa shape index (κ1) is 17.5. The van der Waals surface area contributed by atoms with Crippen molar-refractivity contribution in [3.8, 4) is 0 Å². The number of ether oxygens (including phenoxy) is 1. The monoisotopic (exact) mass is 255 g/mol. The number of rotatable bonds is 13. The molecule has 0 spiro atoms. The van der Waals surface area contributed by atoms with Gasteiger partial charge in [-0.15, -0.1) is 0 Å². The molecule has 0 aromatic heterocycles. The lowest BCUT2D eigenvalue weighted by molar-refractivity contribution is -0.143. The smallest absolute Gasteiger partial charge is 0.305 e. The molecule has 0 unspecified atom stereocenters. The fourth-order valence-corrected chi connectivity index (χ4v) is 1.94. The summed E-state index contributed by atoms with van der Waals surface area (Å²) in [6.45, 7) is 6.63. The zero-order valence-electron chi connectivity index (χ0n) is 12.2. The van der Waals surface area contributed by atoms with Gasteiger partial charge in [-0.25, -0.2) is 0 Å². The van der Waals surface area contributed by atoms with Crippen molar-refractivity contribution in [2.75, 3.05) is 6.61 Å². The Bertz CT molecular complexity index is 160. The summed E-state index contributed by atoms with van der Waals surface area (Å²) in [4.78, 5) is 11.4. The zero-order valence-corrected chi connectivity index (χ0v) is 12.2. The molecule has 0 bridgehead atoms. The van der Waals surface area contributed by atoms with Crippen LogP contribution < -0.4 is 0 Å². The van der Waals surface area contributed by atoms with Gasteiger partial charge in [0.2, 0.25) is 0 Å². The highest BCUT2D eigenvalue weighted by molar-refractivity contribution is 5.69. The minimum absolute atomic E-state index is 0.0114. The van der Waals surface area contributed by atoms with Gasteiger partial charge >= 0.3 is 5.97 Å². The van der Waals surface area contributed by atoms with Gasteiger partial charge in [-0.3, -0.25) is 4.79 Å². The average Bonchev–Trinajstić information content (AvgIpc) is 2.38. The lowest BCUT2D eigenvalue weighted by atomic mass is 10.1. The Morgan fingerprint density at radius 3 is 2.22 bits per heavy atom. The Kier molecular flexibility index (Phi) is 14.1. The van der Waals surface area contributed by atoms with Gasteiger partial charge in [0.25, 0.3) is 0 Å². The van der Waals surface area contributed by atoms with Crippen LogP contribution >= 0.6 is 0 Å². The van der Waals surface area contributed by atoms with Crippen LogP contribution in [0.5, 0.6) is 0 Å². The Morgan fingerprint density at radius 1 is 0.889 bits per heavy atom. The van der Waals surface area contributed by atoms with E-state index in [9.17, 15) is 4.79 Å². The predicted molar refractivity (Wildman–Crippen MR) is 77.4 cm³/mol. The first-order chi connectivity index (χ1) is 8.81. The molecule has 2 nitrogen and oxygen atoms in total. The minimum Gasteiger partial charge on any atom is -0.466 e. The van der Waals surface area contributed by atoms with Crippen LogP contribution in [0.4, 0.5) is 0 Å². The molecule has 0 aliphatic carbocycles. The van der Waals surface area contributed by atoms with Gasteiger partial charge in [-0.1, -0.05) is 71.6 Å². The van der Waals surface area contributed by atoms with Gasteiger partial charge in [0.1, 0.15) is 0 Å². The molecule has 0 rings (SSSR count). The van der Waals surface area contributed by atoms with Crippen molar-refractivity contribution in [2.45, 2.75) is 84.0 Å². The van der Waals surface area contributed by atoms with E-state index >= 15 is 0 Å². The number of hydrogen-bond donors (Lipinski definition) is 0. The summed E-state index contributed by atoms with van der Waals surface area (Å²) >= 11 is 0. The molecule has 0 fully saturated rings. The normalized spacial score (nSPS) is 10.6. The van der Waals surface area contributed by atoms with Crippen molar-refractivity contribution in [1.29, 1.82) is 0 Å². The number of unbranched alkanes of at least 4 members (excludes halogenated alkanes) is 9. The van der Waals surface area contributed by atoms with Crippen LogP contribution in [0.25, 0.3) is 0 Å². The van der Waals surface area contributed by atoms with E-state index < -0.39 is 0 Å². The van der Waals surface area contributed by atoms with E-state index in [2.05, 4.69) is 13.8 Å². The summed E-state index contributed by atoms with van der Waals surface area (Å²) in [5.41, 5.74) is 0. The van der Waals surface area contributed by atoms with Crippen LogP contribution in [-0.4, -0.2) is 12.6 Å². The molecule has 0 saturated carbocycles. The molecule has 107 valence electrons. The molecule has 1 radical (unpaired) electrons. The molecule has 0 aliphatic rings. The summed E-state index contributed by atoms with van der Waals surface area (Å²) in [6.07, 6.45) is 13.5. The molecule has 2 heteroatoms. The standard InChI is InChI=1S/C16H31O2/c1-3-5-7-9-10-12-14-16(17)18-15-13-11-8-6-4-2/h2-15H2,1H3. The summed E-state index contributed by atoms with van der Waals surface area (Å²) in [6, 6.07) is 0. The molecule has 0 aromatic carbocycles. The highest BCUT2D eigenvalue weighted by atomic mass is 16.5. The second-order valence-electron chi connectivity index (χ2n) is 5.01. The fraction of sp³-hybridized carbons (Fsp3) is 0.875. The largest absolute Gasteiger partial charge is 0.466 e. The quantitative estimate of drug-likeness (QED) is 0.339. The third-order valence-corrected chi connectivity index (χ3v) is 3.14. The summed E-state index contributed by atoms with van der Waals surface area (Å²) in [7, 11) is 0. The maximum absolute atomic E-state index is 11.4. The van der Waals surface area contributed by atoms with E-state index in [0.29, 0.717) is 13.0 Å². The van der Waals surface area contributed by atoms with Gasteiger partial charge < -0.3 is 4.74 Å². The van der Waals surface area contributed by atoms with Gasteiger partial charge in [-0.2, -0.15) is 0 Å². The Hall–Kier alpha value is -0.530.